The van der Waals surface area contributed by atoms with E-state index in [0.717, 1.165) is 31.6 Å². The summed E-state index contributed by atoms with van der Waals surface area (Å²) in [4.78, 5) is 29.2. The molecule has 2 amide bonds. The highest BCUT2D eigenvalue weighted by atomic mass is 16.5. The van der Waals surface area contributed by atoms with Gasteiger partial charge in [0.15, 0.2) is 0 Å². The quantitative estimate of drug-likeness (QED) is 0.660. The van der Waals surface area contributed by atoms with Gasteiger partial charge in [0.1, 0.15) is 5.76 Å². The van der Waals surface area contributed by atoms with Gasteiger partial charge in [0, 0.05) is 26.1 Å². The number of nitrogens with zero attached hydrogens (tertiary/aromatic N) is 2. The van der Waals surface area contributed by atoms with Crippen molar-refractivity contribution in [3.05, 3.63) is 24.2 Å². The molecule has 2 heterocycles. The smallest absolute Gasteiger partial charge is 0.242 e. The van der Waals surface area contributed by atoms with Crippen LogP contribution in [0, 0.1) is 5.41 Å². The van der Waals surface area contributed by atoms with Crippen molar-refractivity contribution in [3.63, 3.8) is 0 Å². The molecule has 0 bridgehead atoms. The van der Waals surface area contributed by atoms with Crippen molar-refractivity contribution in [2.45, 2.75) is 66.0 Å². The number of rotatable bonds is 9. The Bertz CT molecular complexity index is 586. The molecule has 1 aromatic rings. The Kier molecular flexibility index (Phi) is 7.90. The molecule has 2 rings (SSSR count). The highest BCUT2D eigenvalue weighted by Crippen LogP contribution is 2.20. The molecule has 0 radical (unpaired) electrons. The number of amides is 2. The van der Waals surface area contributed by atoms with Gasteiger partial charge in [-0.3, -0.25) is 9.59 Å². The van der Waals surface area contributed by atoms with Crippen molar-refractivity contribution < 1.29 is 18.7 Å². The molecule has 0 aliphatic carbocycles. The second-order valence-corrected chi connectivity index (χ2v) is 8.54. The first kappa shape index (κ1) is 21.5. The predicted molar refractivity (Wildman–Crippen MR) is 104 cm³/mol. The Balaban J connectivity index is 2.04. The van der Waals surface area contributed by atoms with Crippen molar-refractivity contribution in [1.82, 2.24) is 9.80 Å². The van der Waals surface area contributed by atoms with Gasteiger partial charge in [-0.15, -0.1) is 0 Å². The number of hydrogen-bond donors (Lipinski definition) is 0. The summed E-state index contributed by atoms with van der Waals surface area (Å²) < 4.78 is 11.1. The van der Waals surface area contributed by atoms with Crippen LogP contribution >= 0.6 is 0 Å². The van der Waals surface area contributed by atoms with E-state index in [1.807, 2.05) is 39.8 Å². The first-order valence-electron chi connectivity index (χ1n) is 9.98. The molecule has 0 N–H and O–H groups in total. The molecule has 1 saturated heterocycles. The average Bonchev–Trinajstić information content (AvgIpc) is 3.26. The zero-order chi connectivity index (χ0) is 19.9. The van der Waals surface area contributed by atoms with Crippen LogP contribution in [0.25, 0.3) is 0 Å². The summed E-state index contributed by atoms with van der Waals surface area (Å²) in [5.74, 6) is 0.717. The van der Waals surface area contributed by atoms with E-state index in [2.05, 4.69) is 0 Å². The van der Waals surface area contributed by atoms with Crippen LogP contribution in [0.2, 0.25) is 0 Å². The number of carbonyl (C=O) groups is 2. The van der Waals surface area contributed by atoms with Gasteiger partial charge < -0.3 is 19.0 Å². The number of ether oxygens (including phenoxy) is 1. The molecule has 0 spiro atoms. The molecule has 152 valence electrons. The van der Waals surface area contributed by atoms with Gasteiger partial charge in [-0.2, -0.15) is 0 Å². The van der Waals surface area contributed by atoms with Crippen LogP contribution in [0.5, 0.6) is 0 Å². The SMILES string of the molecule is CCCN(CC(=O)N(Cc1ccco1)CC1CCCO1)C(=O)CC(C)(C)C. The third kappa shape index (κ3) is 7.37. The van der Waals surface area contributed by atoms with E-state index < -0.39 is 0 Å². The summed E-state index contributed by atoms with van der Waals surface area (Å²) in [6.07, 6.45) is 4.93. The largest absolute Gasteiger partial charge is 0.467 e. The fourth-order valence-corrected chi connectivity index (χ4v) is 3.27. The Morgan fingerprint density at radius 2 is 2.00 bits per heavy atom. The lowest BCUT2D eigenvalue weighted by Gasteiger charge is -2.30. The fourth-order valence-electron chi connectivity index (χ4n) is 3.27. The maximum absolute atomic E-state index is 13.0. The Morgan fingerprint density at radius 3 is 2.56 bits per heavy atom. The molecule has 1 aliphatic heterocycles. The maximum Gasteiger partial charge on any atom is 0.242 e. The summed E-state index contributed by atoms with van der Waals surface area (Å²) in [6, 6.07) is 3.69. The second-order valence-electron chi connectivity index (χ2n) is 8.54. The first-order valence-corrected chi connectivity index (χ1v) is 9.98. The molecule has 1 aromatic heterocycles. The normalized spacial score (nSPS) is 17.1. The third-order valence-corrected chi connectivity index (χ3v) is 4.58. The van der Waals surface area contributed by atoms with Crippen molar-refractivity contribution >= 4 is 11.8 Å². The zero-order valence-electron chi connectivity index (χ0n) is 17.2. The van der Waals surface area contributed by atoms with Gasteiger partial charge >= 0.3 is 0 Å². The van der Waals surface area contributed by atoms with Crippen LogP contribution in [0.1, 0.15) is 59.1 Å². The van der Waals surface area contributed by atoms with Gasteiger partial charge in [-0.1, -0.05) is 27.7 Å². The van der Waals surface area contributed by atoms with Gasteiger partial charge in [-0.05, 0) is 36.8 Å². The summed E-state index contributed by atoms with van der Waals surface area (Å²) in [6.45, 7) is 10.5. The minimum absolute atomic E-state index is 0.0350. The van der Waals surface area contributed by atoms with Gasteiger partial charge in [0.25, 0.3) is 0 Å². The molecule has 27 heavy (non-hydrogen) atoms. The molecule has 6 nitrogen and oxygen atoms in total. The topological polar surface area (TPSA) is 63.0 Å². The summed E-state index contributed by atoms with van der Waals surface area (Å²) in [7, 11) is 0. The standard InChI is InChI=1S/C21H34N2O4/c1-5-10-22(19(24)13-21(2,3)4)16-20(25)23(14-17-8-6-11-26-17)15-18-9-7-12-27-18/h6,8,11,18H,5,7,9-10,12-16H2,1-4H3. The maximum atomic E-state index is 13.0. The predicted octanol–water partition coefficient (Wildman–Crippen LogP) is 3.46. The van der Waals surface area contributed by atoms with Crippen molar-refractivity contribution in [2.75, 3.05) is 26.2 Å². The monoisotopic (exact) mass is 378 g/mol. The molecular weight excluding hydrogens is 344 g/mol. The van der Waals surface area contributed by atoms with Gasteiger partial charge in [-0.25, -0.2) is 0 Å². The highest BCUT2D eigenvalue weighted by molar-refractivity contribution is 5.85. The minimum atomic E-state index is -0.0995. The number of furan rings is 1. The Hall–Kier alpha value is -1.82. The lowest BCUT2D eigenvalue weighted by atomic mass is 9.91. The van der Waals surface area contributed by atoms with E-state index in [-0.39, 0.29) is 29.9 Å². The van der Waals surface area contributed by atoms with E-state index in [9.17, 15) is 9.59 Å². The summed E-state index contributed by atoms with van der Waals surface area (Å²) >= 11 is 0. The average molecular weight is 379 g/mol. The second kappa shape index (κ2) is 9.93. The van der Waals surface area contributed by atoms with Crippen LogP contribution < -0.4 is 0 Å². The van der Waals surface area contributed by atoms with Gasteiger partial charge in [0.2, 0.25) is 11.8 Å². The molecule has 1 aliphatic rings. The van der Waals surface area contributed by atoms with Crippen LogP contribution in [-0.4, -0.2) is 54.0 Å². The van der Waals surface area contributed by atoms with E-state index in [0.29, 0.717) is 26.1 Å². The number of hydrogen-bond acceptors (Lipinski definition) is 4. The van der Waals surface area contributed by atoms with Crippen LogP contribution in [-0.2, 0) is 20.9 Å². The van der Waals surface area contributed by atoms with Gasteiger partial charge in [0.05, 0.1) is 25.5 Å². The molecule has 1 atom stereocenters. The lowest BCUT2D eigenvalue weighted by molar-refractivity contribution is -0.143. The van der Waals surface area contributed by atoms with E-state index >= 15 is 0 Å². The summed E-state index contributed by atoms with van der Waals surface area (Å²) in [5, 5.41) is 0. The fraction of sp³-hybridized carbons (Fsp3) is 0.714. The molecular formula is C21H34N2O4. The zero-order valence-corrected chi connectivity index (χ0v) is 17.2. The third-order valence-electron chi connectivity index (χ3n) is 4.58. The van der Waals surface area contributed by atoms with Crippen molar-refractivity contribution in [1.29, 1.82) is 0 Å². The van der Waals surface area contributed by atoms with Crippen molar-refractivity contribution in [3.8, 4) is 0 Å². The molecule has 1 fully saturated rings. The van der Waals surface area contributed by atoms with E-state index in [1.54, 1.807) is 16.1 Å². The molecule has 0 aromatic carbocycles. The summed E-state index contributed by atoms with van der Waals surface area (Å²) in [5.41, 5.74) is -0.0995. The van der Waals surface area contributed by atoms with Crippen LogP contribution in [0.4, 0.5) is 0 Å². The molecule has 6 heteroatoms. The Labute approximate surface area is 162 Å². The molecule has 0 saturated carbocycles. The number of carbonyl (C=O) groups excluding carboxylic acids is 2. The lowest BCUT2D eigenvalue weighted by Crippen LogP contribution is -2.45. The van der Waals surface area contributed by atoms with E-state index in [4.69, 9.17) is 9.15 Å². The van der Waals surface area contributed by atoms with Crippen LogP contribution in [0.15, 0.2) is 22.8 Å². The van der Waals surface area contributed by atoms with Crippen LogP contribution in [0.3, 0.4) is 0 Å². The first-order chi connectivity index (χ1) is 12.8. The highest BCUT2D eigenvalue weighted by Gasteiger charge is 2.27. The Morgan fingerprint density at radius 1 is 1.22 bits per heavy atom. The van der Waals surface area contributed by atoms with E-state index in [1.165, 1.54) is 0 Å². The minimum Gasteiger partial charge on any atom is -0.467 e. The molecule has 1 unspecified atom stereocenters. The van der Waals surface area contributed by atoms with Crippen molar-refractivity contribution in [2.24, 2.45) is 5.41 Å².